The number of rotatable bonds is 4. The summed E-state index contributed by atoms with van der Waals surface area (Å²) in [6.07, 6.45) is 2.52. The van der Waals surface area contributed by atoms with E-state index in [4.69, 9.17) is 5.84 Å². The molecule has 0 radical (unpaired) electrons. The first kappa shape index (κ1) is 12.2. The molecule has 1 atom stereocenters. The highest BCUT2D eigenvalue weighted by atomic mass is 79.9. The van der Waals surface area contributed by atoms with E-state index in [0.717, 1.165) is 16.6 Å². The third kappa shape index (κ3) is 2.91. The third-order valence-electron chi connectivity index (χ3n) is 2.66. The number of halogens is 1. The van der Waals surface area contributed by atoms with E-state index in [2.05, 4.69) is 43.8 Å². The minimum absolute atomic E-state index is 0.0103. The zero-order valence-corrected chi connectivity index (χ0v) is 11.1. The van der Waals surface area contributed by atoms with Gasteiger partial charge in [0, 0.05) is 11.5 Å². The SMILES string of the molecule is Cn1nncc1C(Cc1ccc(Br)cc1)NN. The molecule has 0 saturated heterocycles. The number of aryl methyl sites for hydroxylation is 1. The van der Waals surface area contributed by atoms with Crippen LogP contribution in [0.1, 0.15) is 17.3 Å². The number of nitrogens with zero attached hydrogens (tertiary/aromatic N) is 3. The van der Waals surface area contributed by atoms with Crippen molar-refractivity contribution in [2.75, 3.05) is 0 Å². The maximum Gasteiger partial charge on any atom is 0.0770 e. The fraction of sp³-hybridized carbons (Fsp3) is 0.273. The molecule has 2 rings (SSSR count). The largest absolute Gasteiger partial charge is 0.271 e. The Bertz CT molecular complexity index is 479. The van der Waals surface area contributed by atoms with Crippen molar-refractivity contribution in [2.24, 2.45) is 12.9 Å². The van der Waals surface area contributed by atoms with Crippen LogP contribution in [0.5, 0.6) is 0 Å². The van der Waals surface area contributed by atoms with Gasteiger partial charge >= 0.3 is 0 Å². The second-order valence-electron chi connectivity index (χ2n) is 3.83. The molecule has 0 spiro atoms. The Balaban J connectivity index is 2.16. The van der Waals surface area contributed by atoms with Gasteiger partial charge in [0.15, 0.2) is 0 Å². The molecular formula is C11H14BrN5. The average Bonchev–Trinajstić information content (AvgIpc) is 2.75. The van der Waals surface area contributed by atoms with Crippen molar-refractivity contribution in [2.45, 2.75) is 12.5 Å². The lowest BCUT2D eigenvalue weighted by atomic mass is 10.0. The van der Waals surface area contributed by atoms with Gasteiger partial charge in [0.05, 0.1) is 17.9 Å². The Kier molecular flexibility index (Phi) is 3.88. The molecule has 1 unspecified atom stereocenters. The van der Waals surface area contributed by atoms with E-state index in [9.17, 15) is 0 Å². The van der Waals surface area contributed by atoms with Crippen molar-refractivity contribution in [3.8, 4) is 0 Å². The summed E-state index contributed by atoms with van der Waals surface area (Å²) in [4.78, 5) is 0. The van der Waals surface area contributed by atoms with E-state index in [1.165, 1.54) is 5.56 Å². The highest BCUT2D eigenvalue weighted by Gasteiger charge is 2.14. The van der Waals surface area contributed by atoms with Crippen molar-refractivity contribution < 1.29 is 0 Å². The van der Waals surface area contributed by atoms with Crippen LogP contribution in [0, 0.1) is 0 Å². The lowest BCUT2D eigenvalue weighted by molar-refractivity contribution is 0.507. The Hall–Kier alpha value is -1.24. The van der Waals surface area contributed by atoms with Crippen LogP contribution in [0.25, 0.3) is 0 Å². The van der Waals surface area contributed by atoms with Crippen molar-refractivity contribution in [1.29, 1.82) is 0 Å². The van der Waals surface area contributed by atoms with Gasteiger partial charge in [0.25, 0.3) is 0 Å². The predicted molar refractivity (Wildman–Crippen MR) is 68.9 cm³/mol. The molecule has 0 aliphatic carbocycles. The van der Waals surface area contributed by atoms with Crippen molar-refractivity contribution in [3.05, 3.63) is 46.2 Å². The zero-order valence-electron chi connectivity index (χ0n) is 9.47. The van der Waals surface area contributed by atoms with Crippen LogP contribution in [0.4, 0.5) is 0 Å². The molecule has 0 bridgehead atoms. The minimum Gasteiger partial charge on any atom is -0.271 e. The standard InChI is InChI=1S/C11H14BrN5/c1-17-11(7-14-16-17)10(15-13)6-8-2-4-9(12)5-3-8/h2-5,7,10,15H,6,13H2,1H3. The molecule has 6 heteroatoms. The number of aromatic nitrogens is 3. The second-order valence-corrected chi connectivity index (χ2v) is 4.75. The molecule has 0 amide bonds. The third-order valence-corrected chi connectivity index (χ3v) is 3.19. The predicted octanol–water partition coefficient (Wildman–Crippen LogP) is 1.32. The van der Waals surface area contributed by atoms with Gasteiger partial charge in [0.1, 0.15) is 0 Å². The first-order valence-electron chi connectivity index (χ1n) is 5.26. The molecule has 1 aromatic heterocycles. The van der Waals surface area contributed by atoms with E-state index < -0.39 is 0 Å². The molecule has 5 nitrogen and oxygen atoms in total. The van der Waals surface area contributed by atoms with Gasteiger partial charge in [-0.25, -0.2) is 0 Å². The fourth-order valence-electron chi connectivity index (χ4n) is 1.72. The van der Waals surface area contributed by atoms with Gasteiger partial charge in [-0.2, -0.15) is 0 Å². The number of hydrazine groups is 1. The Morgan fingerprint density at radius 1 is 1.41 bits per heavy atom. The Morgan fingerprint density at radius 2 is 2.12 bits per heavy atom. The number of hydrogen-bond acceptors (Lipinski definition) is 4. The van der Waals surface area contributed by atoms with Crippen LogP contribution >= 0.6 is 15.9 Å². The number of benzene rings is 1. The minimum atomic E-state index is 0.0103. The molecule has 0 aliphatic heterocycles. The lowest BCUT2D eigenvalue weighted by Crippen LogP contribution is -2.31. The summed E-state index contributed by atoms with van der Waals surface area (Å²) in [6, 6.07) is 8.18. The highest BCUT2D eigenvalue weighted by Crippen LogP contribution is 2.18. The number of nitrogens with two attached hydrogens (primary N) is 1. The summed E-state index contributed by atoms with van der Waals surface area (Å²) < 4.78 is 2.80. The molecule has 3 N–H and O–H groups in total. The van der Waals surface area contributed by atoms with Crippen LogP contribution in [0.2, 0.25) is 0 Å². The molecular weight excluding hydrogens is 282 g/mol. The van der Waals surface area contributed by atoms with Gasteiger partial charge in [-0.3, -0.25) is 16.0 Å². The highest BCUT2D eigenvalue weighted by molar-refractivity contribution is 9.10. The zero-order chi connectivity index (χ0) is 12.3. The molecule has 1 aromatic carbocycles. The summed E-state index contributed by atoms with van der Waals surface area (Å²) in [5, 5.41) is 7.76. The van der Waals surface area contributed by atoms with Gasteiger partial charge in [-0.1, -0.05) is 33.3 Å². The maximum absolute atomic E-state index is 5.58. The van der Waals surface area contributed by atoms with E-state index >= 15 is 0 Å². The number of nitrogens with one attached hydrogen (secondary N) is 1. The van der Waals surface area contributed by atoms with Crippen molar-refractivity contribution >= 4 is 15.9 Å². The second kappa shape index (κ2) is 5.39. The van der Waals surface area contributed by atoms with E-state index in [0.29, 0.717) is 0 Å². The first-order chi connectivity index (χ1) is 8.20. The average molecular weight is 296 g/mol. The van der Waals surface area contributed by atoms with E-state index in [1.807, 2.05) is 19.2 Å². The van der Waals surface area contributed by atoms with Gasteiger partial charge in [-0.15, -0.1) is 5.10 Å². The van der Waals surface area contributed by atoms with Crippen molar-refractivity contribution in [1.82, 2.24) is 20.4 Å². The van der Waals surface area contributed by atoms with Gasteiger partial charge in [0.2, 0.25) is 0 Å². The molecule has 0 saturated carbocycles. The Labute approximate surface area is 108 Å². The lowest BCUT2D eigenvalue weighted by Gasteiger charge is -2.15. The summed E-state index contributed by atoms with van der Waals surface area (Å²) in [5.41, 5.74) is 4.97. The first-order valence-corrected chi connectivity index (χ1v) is 6.05. The van der Waals surface area contributed by atoms with E-state index in [1.54, 1.807) is 10.9 Å². The van der Waals surface area contributed by atoms with Crippen LogP contribution in [-0.4, -0.2) is 15.0 Å². The van der Waals surface area contributed by atoms with Crippen LogP contribution in [-0.2, 0) is 13.5 Å². The maximum atomic E-state index is 5.58. The molecule has 90 valence electrons. The molecule has 0 fully saturated rings. The van der Waals surface area contributed by atoms with Gasteiger partial charge < -0.3 is 0 Å². The monoisotopic (exact) mass is 295 g/mol. The molecule has 2 aromatic rings. The number of hydrogen-bond donors (Lipinski definition) is 2. The van der Waals surface area contributed by atoms with Crippen LogP contribution in [0.15, 0.2) is 34.9 Å². The molecule has 17 heavy (non-hydrogen) atoms. The summed E-state index contributed by atoms with van der Waals surface area (Å²) in [6.45, 7) is 0. The molecule has 0 aliphatic rings. The molecule has 1 heterocycles. The van der Waals surface area contributed by atoms with Gasteiger partial charge in [-0.05, 0) is 24.1 Å². The van der Waals surface area contributed by atoms with Crippen LogP contribution in [0.3, 0.4) is 0 Å². The summed E-state index contributed by atoms with van der Waals surface area (Å²) >= 11 is 3.41. The summed E-state index contributed by atoms with van der Waals surface area (Å²) in [7, 11) is 1.86. The summed E-state index contributed by atoms with van der Waals surface area (Å²) in [5.74, 6) is 5.58. The Morgan fingerprint density at radius 3 is 2.65 bits per heavy atom. The normalized spacial score (nSPS) is 12.6. The van der Waals surface area contributed by atoms with Crippen LogP contribution < -0.4 is 11.3 Å². The topological polar surface area (TPSA) is 68.8 Å². The smallest absolute Gasteiger partial charge is 0.0770 e. The fourth-order valence-corrected chi connectivity index (χ4v) is 1.98. The quantitative estimate of drug-likeness (QED) is 0.659. The van der Waals surface area contributed by atoms with Crippen molar-refractivity contribution in [3.63, 3.8) is 0 Å². The van der Waals surface area contributed by atoms with E-state index in [-0.39, 0.29) is 6.04 Å².